The molecule has 0 aliphatic heterocycles. The van der Waals surface area contributed by atoms with Crippen LogP contribution in [0.1, 0.15) is 15.9 Å². The molecular weight excluding hydrogens is 275 g/mol. The summed E-state index contributed by atoms with van der Waals surface area (Å²) in [4.78, 5) is 23.4. The van der Waals surface area contributed by atoms with Gasteiger partial charge in [-0.15, -0.1) is 0 Å². The summed E-state index contributed by atoms with van der Waals surface area (Å²) < 4.78 is 0. The fraction of sp³-hybridized carbons (Fsp3) is 0.0909. The number of aryl methyl sites for hydroxylation is 1. The van der Waals surface area contributed by atoms with Crippen LogP contribution in [0.4, 0.5) is 5.69 Å². The summed E-state index contributed by atoms with van der Waals surface area (Å²) in [6, 6.07) is 1.70. The number of rotatable bonds is 2. The summed E-state index contributed by atoms with van der Waals surface area (Å²) in [5.41, 5.74) is 1.47. The Morgan fingerprint density at radius 3 is 2.50 bits per heavy atom. The Balaban J connectivity index is 2.27. The molecular formula is C11H8Cl2N4O. The summed E-state index contributed by atoms with van der Waals surface area (Å²) in [6.07, 6.45) is 4.32. The molecule has 2 aromatic heterocycles. The lowest BCUT2D eigenvalue weighted by atomic mass is 10.2. The van der Waals surface area contributed by atoms with Crippen LogP contribution in [-0.2, 0) is 0 Å². The molecule has 0 bridgehead atoms. The van der Waals surface area contributed by atoms with Crippen LogP contribution in [0.15, 0.2) is 24.8 Å². The maximum atomic E-state index is 11.9. The van der Waals surface area contributed by atoms with Crippen LogP contribution in [0.5, 0.6) is 0 Å². The third-order valence-corrected chi connectivity index (χ3v) is 2.70. The second-order valence-corrected chi connectivity index (χ2v) is 4.25. The van der Waals surface area contributed by atoms with Crippen LogP contribution in [0.25, 0.3) is 0 Å². The smallest absolute Gasteiger partial charge is 0.257 e. The summed E-state index contributed by atoms with van der Waals surface area (Å²) in [7, 11) is 0. The number of nitrogens with zero attached hydrogens (tertiary/aromatic N) is 3. The summed E-state index contributed by atoms with van der Waals surface area (Å²) in [5.74, 6) is -0.371. The maximum Gasteiger partial charge on any atom is 0.257 e. The lowest BCUT2D eigenvalue weighted by Crippen LogP contribution is -2.13. The number of aromatic nitrogens is 3. The third-order valence-electron chi connectivity index (χ3n) is 2.13. The zero-order valence-electron chi connectivity index (χ0n) is 9.32. The largest absolute Gasteiger partial charge is 0.317 e. The predicted molar refractivity (Wildman–Crippen MR) is 69.0 cm³/mol. The van der Waals surface area contributed by atoms with E-state index >= 15 is 0 Å². The second kappa shape index (κ2) is 5.29. The van der Waals surface area contributed by atoms with Crippen LogP contribution < -0.4 is 5.32 Å². The fourth-order valence-electron chi connectivity index (χ4n) is 1.31. The van der Waals surface area contributed by atoms with Gasteiger partial charge in [0, 0.05) is 12.4 Å². The number of anilines is 1. The molecule has 0 aromatic carbocycles. The van der Waals surface area contributed by atoms with Gasteiger partial charge in [-0.2, -0.15) is 0 Å². The number of carbonyl (C=O) groups excluding carboxylic acids is 1. The average molecular weight is 283 g/mol. The van der Waals surface area contributed by atoms with E-state index in [1.165, 1.54) is 12.5 Å². The molecule has 0 saturated carbocycles. The van der Waals surface area contributed by atoms with Gasteiger partial charge in [-0.05, 0) is 18.6 Å². The molecule has 0 radical (unpaired) electrons. The highest BCUT2D eigenvalue weighted by Crippen LogP contribution is 2.26. The van der Waals surface area contributed by atoms with E-state index in [2.05, 4.69) is 20.3 Å². The van der Waals surface area contributed by atoms with Gasteiger partial charge in [0.05, 0.1) is 5.56 Å². The first-order chi connectivity index (χ1) is 8.58. The Labute approximate surface area is 113 Å². The standard InChI is InChI=1S/C11H8Cl2N4O/c1-6-2-7(4-14-3-6)11(18)17-8-9(12)15-5-16-10(8)13/h2-5H,1H3,(H,17,18). The molecule has 0 saturated heterocycles. The Morgan fingerprint density at radius 2 is 1.89 bits per heavy atom. The predicted octanol–water partition coefficient (Wildman–Crippen LogP) is 2.74. The lowest BCUT2D eigenvalue weighted by Gasteiger charge is -2.07. The van der Waals surface area contributed by atoms with Gasteiger partial charge in [0.25, 0.3) is 5.91 Å². The molecule has 18 heavy (non-hydrogen) atoms. The number of halogens is 2. The molecule has 1 N–H and O–H groups in total. The van der Waals surface area contributed by atoms with E-state index in [1.54, 1.807) is 12.3 Å². The fourth-order valence-corrected chi connectivity index (χ4v) is 1.72. The van der Waals surface area contributed by atoms with Crippen molar-refractivity contribution in [2.45, 2.75) is 6.92 Å². The molecule has 0 aliphatic carbocycles. The molecule has 0 spiro atoms. The Morgan fingerprint density at radius 1 is 1.22 bits per heavy atom. The molecule has 7 heteroatoms. The van der Waals surface area contributed by atoms with E-state index in [0.717, 1.165) is 5.56 Å². The molecule has 0 fully saturated rings. The minimum Gasteiger partial charge on any atom is -0.317 e. The van der Waals surface area contributed by atoms with Crippen LogP contribution in [0, 0.1) is 6.92 Å². The first kappa shape index (κ1) is 12.7. The van der Waals surface area contributed by atoms with Crippen molar-refractivity contribution in [1.29, 1.82) is 0 Å². The highest BCUT2D eigenvalue weighted by molar-refractivity contribution is 6.38. The Kier molecular flexibility index (Phi) is 3.74. The number of carbonyl (C=O) groups is 1. The van der Waals surface area contributed by atoms with Crippen LogP contribution in [0.2, 0.25) is 10.3 Å². The highest BCUT2D eigenvalue weighted by atomic mass is 35.5. The number of pyridine rings is 1. The van der Waals surface area contributed by atoms with Crippen molar-refractivity contribution in [2.75, 3.05) is 5.32 Å². The van der Waals surface area contributed by atoms with Crippen LogP contribution in [0.3, 0.4) is 0 Å². The van der Waals surface area contributed by atoms with Gasteiger partial charge in [0.15, 0.2) is 10.3 Å². The molecule has 2 aromatic rings. The van der Waals surface area contributed by atoms with Crippen molar-refractivity contribution in [3.8, 4) is 0 Å². The second-order valence-electron chi connectivity index (χ2n) is 3.54. The zero-order valence-corrected chi connectivity index (χ0v) is 10.8. The normalized spacial score (nSPS) is 10.2. The van der Waals surface area contributed by atoms with Gasteiger partial charge >= 0.3 is 0 Å². The van der Waals surface area contributed by atoms with Crippen molar-refractivity contribution in [3.63, 3.8) is 0 Å². The van der Waals surface area contributed by atoms with E-state index in [-0.39, 0.29) is 21.9 Å². The highest BCUT2D eigenvalue weighted by Gasteiger charge is 2.13. The van der Waals surface area contributed by atoms with E-state index in [4.69, 9.17) is 23.2 Å². The van der Waals surface area contributed by atoms with Crippen molar-refractivity contribution in [3.05, 3.63) is 46.2 Å². The van der Waals surface area contributed by atoms with E-state index in [9.17, 15) is 4.79 Å². The lowest BCUT2D eigenvalue weighted by molar-refractivity contribution is 0.102. The van der Waals surface area contributed by atoms with Crippen molar-refractivity contribution >= 4 is 34.8 Å². The zero-order chi connectivity index (χ0) is 13.1. The Bertz CT molecular complexity index is 583. The molecule has 0 atom stereocenters. The molecule has 92 valence electrons. The van der Waals surface area contributed by atoms with Crippen molar-refractivity contribution < 1.29 is 4.79 Å². The summed E-state index contributed by atoms with van der Waals surface area (Å²) >= 11 is 11.7. The van der Waals surface area contributed by atoms with E-state index in [0.29, 0.717) is 5.56 Å². The maximum absolute atomic E-state index is 11.9. The molecule has 5 nitrogen and oxygen atoms in total. The van der Waals surface area contributed by atoms with Gasteiger partial charge in [0.2, 0.25) is 0 Å². The first-order valence-corrected chi connectivity index (χ1v) is 5.72. The topological polar surface area (TPSA) is 67.8 Å². The average Bonchev–Trinajstić information content (AvgIpc) is 2.34. The number of hydrogen-bond donors (Lipinski definition) is 1. The van der Waals surface area contributed by atoms with Crippen LogP contribution in [-0.4, -0.2) is 20.9 Å². The minimum atomic E-state index is -0.371. The van der Waals surface area contributed by atoms with Gasteiger partial charge < -0.3 is 5.32 Å². The molecule has 1 amide bonds. The number of nitrogens with one attached hydrogen (secondary N) is 1. The van der Waals surface area contributed by atoms with Gasteiger partial charge in [-0.25, -0.2) is 9.97 Å². The van der Waals surface area contributed by atoms with Gasteiger partial charge in [0.1, 0.15) is 12.0 Å². The Hall–Kier alpha value is -1.72. The quantitative estimate of drug-likeness (QED) is 0.860. The summed E-state index contributed by atoms with van der Waals surface area (Å²) in [6.45, 7) is 1.84. The van der Waals surface area contributed by atoms with Crippen LogP contribution >= 0.6 is 23.2 Å². The minimum absolute atomic E-state index is 0.0870. The molecule has 0 aliphatic rings. The van der Waals surface area contributed by atoms with Crippen molar-refractivity contribution in [2.24, 2.45) is 0 Å². The molecule has 2 rings (SSSR count). The summed E-state index contributed by atoms with van der Waals surface area (Å²) in [5, 5.41) is 2.73. The van der Waals surface area contributed by atoms with E-state index in [1.807, 2.05) is 6.92 Å². The van der Waals surface area contributed by atoms with Crippen molar-refractivity contribution in [1.82, 2.24) is 15.0 Å². The van der Waals surface area contributed by atoms with E-state index < -0.39 is 0 Å². The monoisotopic (exact) mass is 282 g/mol. The van der Waals surface area contributed by atoms with Gasteiger partial charge in [-0.1, -0.05) is 23.2 Å². The third kappa shape index (κ3) is 2.75. The van der Waals surface area contributed by atoms with Gasteiger partial charge in [-0.3, -0.25) is 9.78 Å². The SMILES string of the molecule is Cc1cncc(C(=O)Nc2c(Cl)ncnc2Cl)c1. The molecule has 0 unspecified atom stereocenters. The molecule has 2 heterocycles. The number of amides is 1. The first-order valence-electron chi connectivity index (χ1n) is 4.97. The number of hydrogen-bond acceptors (Lipinski definition) is 4.